The van der Waals surface area contributed by atoms with E-state index in [-0.39, 0.29) is 0 Å². The fourth-order valence-electron chi connectivity index (χ4n) is 5.25. The van der Waals surface area contributed by atoms with Crippen LogP contribution in [-0.4, -0.2) is 58.7 Å². The molecule has 0 rings (SSSR count). The maximum Gasteiger partial charge on any atom is 0.186 e. The van der Waals surface area contributed by atoms with E-state index in [4.69, 9.17) is 24.9 Å². The molecule has 0 aliphatic carbocycles. The van der Waals surface area contributed by atoms with Crippen LogP contribution < -0.4 is 0 Å². The summed E-state index contributed by atoms with van der Waals surface area (Å²) in [6.07, 6.45) is 5.25. The number of rotatable bonds is 21. The molecule has 0 aromatic carbocycles. The summed E-state index contributed by atoms with van der Waals surface area (Å²) in [7, 11) is -5.89. The standard InChI is InChI=1S/C24H57ClO3Si4/c1-10-26-29(4,5)18-14-22-32(21-13-17-25,23-15-19-30(6,7)27-11-2)24-16-20-31(8,9)28-12-3/h10-24H2,1-9H3. The molecule has 0 saturated heterocycles. The Morgan fingerprint density at radius 2 is 0.750 bits per heavy atom. The molecular weight excluding hydrogens is 484 g/mol. The van der Waals surface area contributed by atoms with Crippen molar-refractivity contribution >= 4 is 44.6 Å². The van der Waals surface area contributed by atoms with Gasteiger partial charge in [-0.3, -0.25) is 0 Å². The lowest BCUT2D eigenvalue weighted by Gasteiger charge is -2.35. The molecular formula is C24H57ClO3Si4. The lowest BCUT2D eigenvalue weighted by molar-refractivity contribution is 0.328. The summed E-state index contributed by atoms with van der Waals surface area (Å²) in [5, 5.41) is 0. The van der Waals surface area contributed by atoms with Crippen molar-refractivity contribution in [1.82, 2.24) is 0 Å². The van der Waals surface area contributed by atoms with E-state index in [1.54, 1.807) is 0 Å². The van der Waals surface area contributed by atoms with Gasteiger partial charge in [0.15, 0.2) is 25.0 Å². The fourth-order valence-corrected chi connectivity index (χ4v) is 17.7. The first-order valence-corrected chi connectivity index (χ1v) is 26.1. The number of alkyl halides is 1. The minimum absolute atomic E-state index is 0.812. The normalized spacial score (nSPS) is 13.7. The largest absolute Gasteiger partial charge is 0.418 e. The summed E-state index contributed by atoms with van der Waals surface area (Å²) in [4.78, 5) is 0. The van der Waals surface area contributed by atoms with Gasteiger partial charge in [-0.25, -0.2) is 0 Å². The number of halogens is 1. The third-order valence-electron chi connectivity index (χ3n) is 6.90. The molecule has 0 aromatic heterocycles. The van der Waals surface area contributed by atoms with Gasteiger partial charge < -0.3 is 13.3 Å². The van der Waals surface area contributed by atoms with Gasteiger partial charge in [0.1, 0.15) is 0 Å². The van der Waals surface area contributed by atoms with Gasteiger partial charge in [-0.05, 0) is 84.6 Å². The highest BCUT2D eigenvalue weighted by Gasteiger charge is 2.34. The zero-order chi connectivity index (χ0) is 24.7. The third-order valence-corrected chi connectivity index (χ3v) is 20.7. The predicted molar refractivity (Wildman–Crippen MR) is 156 cm³/mol. The first kappa shape index (κ1) is 33.0. The highest BCUT2D eigenvalue weighted by atomic mass is 35.5. The summed E-state index contributed by atoms with van der Waals surface area (Å²) < 4.78 is 18.4. The Labute approximate surface area is 211 Å². The van der Waals surface area contributed by atoms with E-state index in [1.165, 1.54) is 68.0 Å². The highest BCUT2D eigenvalue weighted by molar-refractivity contribution is 6.80. The summed E-state index contributed by atoms with van der Waals surface area (Å²) in [5.74, 6) is 0.812. The van der Waals surface area contributed by atoms with E-state index in [1.807, 2.05) is 0 Å². The van der Waals surface area contributed by atoms with Crippen molar-refractivity contribution in [2.24, 2.45) is 0 Å². The molecule has 0 aliphatic heterocycles. The van der Waals surface area contributed by atoms with Crippen molar-refractivity contribution in [2.75, 3.05) is 25.7 Å². The van der Waals surface area contributed by atoms with Crippen molar-refractivity contribution < 1.29 is 13.3 Å². The molecule has 0 aliphatic rings. The molecule has 0 saturated carbocycles. The van der Waals surface area contributed by atoms with Crippen LogP contribution >= 0.6 is 11.6 Å². The Kier molecular flexibility index (Phi) is 17.2. The van der Waals surface area contributed by atoms with Crippen LogP contribution in [0.1, 0.15) is 46.5 Å². The smallest absolute Gasteiger partial charge is 0.186 e. The van der Waals surface area contributed by atoms with E-state index in [0.717, 1.165) is 25.7 Å². The van der Waals surface area contributed by atoms with Gasteiger partial charge in [-0.2, -0.15) is 0 Å². The second kappa shape index (κ2) is 16.7. The summed E-state index contributed by atoms with van der Waals surface area (Å²) in [5.41, 5.74) is 0. The van der Waals surface area contributed by atoms with Gasteiger partial charge in [0, 0.05) is 25.7 Å². The Morgan fingerprint density at radius 1 is 0.469 bits per heavy atom. The molecule has 0 spiro atoms. The van der Waals surface area contributed by atoms with Crippen LogP contribution in [0.3, 0.4) is 0 Å². The summed E-state index contributed by atoms with van der Waals surface area (Å²) >= 11 is 6.23. The van der Waals surface area contributed by atoms with Gasteiger partial charge >= 0.3 is 0 Å². The maximum absolute atomic E-state index is 6.23. The predicted octanol–water partition coefficient (Wildman–Crippen LogP) is 8.96. The highest BCUT2D eigenvalue weighted by Crippen LogP contribution is 2.36. The SMILES string of the molecule is CCO[Si](C)(C)CCC[Si](CCCCl)(CCC[Si](C)(C)OCC)CCC[Si](C)(C)OCC. The fraction of sp³-hybridized carbons (Fsp3) is 1.00. The molecule has 0 heterocycles. The van der Waals surface area contributed by atoms with Gasteiger partial charge in [-0.15, -0.1) is 11.6 Å². The number of hydrogen-bond acceptors (Lipinski definition) is 3. The lowest BCUT2D eigenvalue weighted by Crippen LogP contribution is -2.38. The molecule has 0 fully saturated rings. The minimum atomic E-state index is -1.51. The van der Waals surface area contributed by atoms with Crippen molar-refractivity contribution in [3.8, 4) is 0 Å². The van der Waals surface area contributed by atoms with Gasteiger partial charge in [0.05, 0.1) is 8.07 Å². The molecule has 194 valence electrons. The summed E-state index contributed by atoms with van der Waals surface area (Å²) in [6, 6.07) is 9.68. The van der Waals surface area contributed by atoms with Crippen LogP contribution in [-0.2, 0) is 13.3 Å². The molecule has 0 N–H and O–H groups in total. The Morgan fingerprint density at radius 3 is 1.00 bits per heavy atom. The average molecular weight is 542 g/mol. The Hall–Kier alpha value is 1.04. The quantitative estimate of drug-likeness (QED) is 0.107. The van der Waals surface area contributed by atoms with Crippen molar-refractivity contribution in [1.29, 1.82) is 0 Å². The molecule has 0 radical (unpaired) electrons. The van der Waals surface area contributed by atoms with Gasteiger partial charge in [0.2, 0.25) is 0 Å². The van der Waals surface area contributed by atoms with E-state index in [9.17, 15) is 0 Å². The van der Waals surface area contributed by atoms with Gasteiger partial charge in [-0.1, -0.05) is 43.4 Å². The second-order valence-corrected chi connectivity index (χ2v) is 29.7. The zero-order valence-electron chi connectivity index (χ0n) is 23.2. The van der Waals surface area contributed by atoms with Crippen molar-refractivity contribution in [3.63, 3.8) is 0 Å². The monoisotopic (exact) mass is 540 g/mol. The summed E-state index contributed by atoms with van der Waals surface area (Å²) in [6.45, 7) is 23.4. The van der Waals surface area contributed by atoms with E-state index < -0.39 is 33.0 Å². The molecule has 0 amide bonds. The van der Waals surface area contributed by atoms with Crippen LogP contribution in [0.5, 0.6) is 0 Å². The Balaban J connectivity index is 5.28. The van der Waals surface area contributed by atoms with Crippen molar-refractivity contribution in [2.45, 2.75) is 128 Å². The average Bonchev–Trinajstić information content (AvgIpc) is 2.65. The van der Waals surface area contributed by atoms with Crippen molar-refractivity contribution in [3.05, 3.63) is 0 Å². The van der Waals surface area contributed by atoms with E-state index in [0.29, 0.717) is 0 Å². The molecule has 8 heteroatoms. The van der Waals surface area contributed by atoms with Gasteiger partial charge in [0.25, 0.3) is 0 Å². The molecule has 3 nitrogen and oxygen atoms in total. The van der Waals surface area contributed by atoms with Crippen LogP contribution in [0, 0.1) is 0 Å². The molecule has 0 bridgehead atoms. The minimum Gasteiger partial charge on any atom is -0.418 e. The van der Waals surface area contributed by atoms with Crippen LogP contribution in [0.4, 0.5) is 0 Å². The Bertz CT molecular complexity index is 416. The molecule has 0 aromatic rings. The van der Waals surface area contributed by atoms with E-state index >= 15 is 0 Å². The zero-order valence-corrected chi connectivity index (χ0v) is 28.0. The third kappa shape index (κ3) is 15.8. The number of hydrogen-bond donors (Lipinski definition) is 0. The molecule has 0 atom stereocenters. The van der Waals surface area contributed by atoms with Crippen LogP contribution in [0.2, 0.25) is 81.6 Å². The van der Waals surface area contributed by atoms with E-state index in [2.05, 4.69) is 60.1 Å². The lowest BCUT2D eigenvalue weighted by atomic mass is 10.5. The molecule has 32 heavy (non-hydrogen) atoms. The first-order valence-electron chi connectivity index (χ1n) is 13.3. The van der Waals surface area contributed by atoms with Crippen LogP contribution in [0.25, 0.3) is 0 Å². The second-order valence-electron chi connectivity index (χ2n) is 11.4. The molecule has 0 unspecified atom stereocenters. The first-order chi connectivity index (χ1) is 14.9. The van der Waals surface area contributed by atoms with Crippen LogP contribution in [0.15, 0.2) is 0 Å². The maximum atomic E-state index is 6.23. The topological polar surface area (TPSA) is 27.7 Å².